The summed E-state index contributed by atoms with van der Waals surface area (Å²) in [6, 6.07) is 5.29. The molecule has 3 nitrogen and oxygen atoms in total. The summed E-state index contributed by atoms with van der Waals surface area (Å²) in [7, 11) is 0. The van der Waals surface area contributed by atoms with Crippen LogP contribution in [0.1, 0.15) is 93.7 Å². The van der Waals surface area contributed by atoms with Crippen molar-refractivity contribution in [1.82, 2.24) is 5.16 Å². The average Bonchev–Trinajstić information content (AvgIpc) is 3.37. The molecule has 0 bridgehead atoms. The molecule has 4 rings (SSSR count). The van der Waals surface area contributed by atoms with Gasteiger partial charge in [0.2, 0.25) is 0 Å². The van der Waals surface area contributed by atoms with E-state index in [9.17, 15) is 4.79 Å². The Morgan fingerprint density at radius 2 is 1.90 bits per heavy atom. The first-order valence-electron chi connectivity index (χ1n) is 11.1. The predicted octanol–water partition coefficient (Wildman–Crippen LogP) is 7.53. The fraction of sp³-hybridized carbons (Fsp3) is 0.600. The Morgan fingerprint density at radius 1 is 1.17 bits per heavy atom. The van der Waals surface area contributed by atoms with Crippen LogP contribution in [0, 0.1) is 11.3 Å². The lowest BCUT2D eigenvalue weighted by atomic mass is 9.67. The lowest BCUT2D eigenvalue weighted by molar-refractivity contribution is -0.118. The Kier molecular flexibility index (Phi) is 6.33. The molecule has 0 unspecified atom stereocenters. The lowest BCUT2D eigenvalue weighted by Gasteiger charge is -2.38. The third kappa shape index (κ3) is 5.29. The largest absolute Gasteiger partial charge is 0.361 e. The second kappa shape index (κ2) is 8.67. The van der Waals surface area contributed by atoms with Gasteiger partial charge < -0.3 is 4.52 Å². The Bertz CT molecular complexity index is 918. The molecule has 0 amide bonds. The molecule has 0 aliphatic heterocycles. The molecule has 0 radical (unpaired) electrons. The number of aromatic nitrogens is 1. The number of Topliss-reactive ketones (excluding diaryl/α,β-unsaturated/α-hetero) is 1. The highest BCUT2D eigenvalue weighted by atomic mass is 35.5. The van der Waals surface area contributed by atoms with E-state index in [1.807, 2.05) is 6.07 Å². The number of ketones is 1. The number of benzene rings is 1. The van der Waals surface area contributed by atoms with Crippen molar-refractivity contribution >= 4 is 29.0 Å². The SMILES string of the molecule is CC(C)(C)CC1CC(c2onc(CCC(=O)Cc3ccc(Cl)cc3Cl)c2C2CC2)C1. The Hall–Kier alpha value is -1.32. The standard InChI is InChI=1S/C25H31Cl2NO2/c1-25(2,3)14-15-10-18(11-15)24-23(16-4-5-16)22(28-30-24)9-8-20(29)12-17-6-7-19(26)13-21(17)27/h6-7,13,15-16,18H,4-5,8-12,14H2,1-3H3. The first-order chi connectivity index (χ1) is 14.2. The highest BCUT2D eigenvalue weighted by Crippen LogP contribution is 2.52. The van der Waals surface area contributed by atoms with Gasteiger partial charge in [-0.1, -0.05) is 55.2 Å². The van der Waals surface area contributed by atoms with Crippen LogP contribution in [-0.2, 0) is 17.6 Å². The van der Waals surface area contributed by atoms with Crippen molar-refractivity contribution in [2.75, 3.05) is 0 Å². The van der Waals surface area contributed by atoms with Crippen LogP contribution in [0.25, 0.3) is 0 Å². The third-order valence-electron chi connectivity index (χ3n) is 6.37. The van der Waals surface area contributed by atoms with E-state index in [-0.39, 0.29) is 5.78 Å². The minimum atomic E-state index is 0.166. The first-order valence-corrected chi connectivity index (χ1v) is 11.9. The van der Waals surface area contributed by atoms with E-state index in [0.29, 0.717) is 46.6 Å². The van der Waals surface area contributed by atoms with Gasteiger partial charge in [0.25, 0.3) is 0 Å². The second-order valence-corrected chi connectivity index (χ2v) is 11.3. The molecule has 2 saturated carbocycles. The Balaban J connectivity index is 1.36. The van der Waals surface area contributed by atoms with Crippen molar-refractivity contribution in [1.29, 1.82) is 0 Å². The summed E-state index contributed by atoms with van der Waals surface area (Å²) in [5.41, 5.74) is 3.54. The molecule has 2 fully saturated rings. The van der Waals surface area contributed by atoms with E-state index >= 15 is 0 Å². The lowest BCUT2D eigenvalue weighted by Crippen LogP contribution is -2.26. The molecular formula is C25H31Cl2NO2. The second-order valence-electron chi connectivity index (χ2n) is 10.4. The van der Waals surface area contributed by atoms with Gasteiger partial charge in [0.15, 0.2) is 0 Å². The predicted molar refractivity (Wildman–Crippen MR) is 122 cm³/mol. The minimum absolute atomic E-state index is 0.166. The number of aryl methyl sites for hydroxylation is 1. The van der Waals surface area contributed by atoms with Crippen LogP contribution in [0.4, 0.5) is 0 Å². The summed E-state index contributed by atoms with van der Waals surface area (Å²) in [5.74, 6) is 3.17. The maximum Gasteiger partial charge on any atom is 0.143 e. The van der Waals surface area contributed by atoms with Crippen LogP contribution in [0.15, 0.2) is 22.7 Å². The van der Waals surface area contributed by atoms with Crippen LogP contribution < -0.4 is 0 Å². The monoisotopic (exact) mass is 447 g/mol. The number of nitrogens with zero attached hydrogens (tertiary/aromatic N) is 1. The number of hydrogen-bond acceptors (Lipinski definition) is 3. The molecule has 2 aliphatic rings. The zero-order valence-electron chi connectivity index (χ0n) is 18.1. The number of carbonyl (C=O) groups excluding carboxylic acids is 1. The van der Waals surface area contributed by atoms with Gasteiger partial charge in [0.05, 0.1) is 5.69 Å². The van der Waals surface area contributed by atoms with Gasteiger partial charge in [-0.25, -0.2) is 0 Å². The highest BCUT2D eigenvalue weighted by Gasteiger charge is 2.40. The van der Waals surface area contributed by atoms with Gasteiger partial charge in [0, 0.05) is 40.8 Å². The summed E-state index contributed by atoms with van der Waals surface area (Å²) >= 11 is 12.2. The third-order valence-corrected chi connectivity index (χ3v) is 6.95. The van der Waals surface area contributed by atoms with Crippen molar-refractivity contribution in [3.63, 3.8) is 0 Å². The zero-order chi connectivity index (χ0) is 21.5. The van der Waals surface area contributed by atoms with Gasteiger partial charge in [-0.2, -0.15) is 0 Å². The number of halogens is 2. The molecule has 0 spiro atoms. The molecule has 2 aromatic rings. The van der Waals surface area contributed by atoms with Crippen LogP contribution >= 0.6 is 23.2 Å². The highest BCUT2D eigenvalue weighted by molar-refractivity contribution is 6.35. The van der Waals surface area contributed by atoms with Crippen LogP contribution in [0.2, 0.25) is 10.0 Å². The molecule has 0 N–H and O–H groups in total. The molecule has 0 saturated heterocycles. The Labute approximate surface area is 189 Å². The van der Waals surface area contributed by atoms with Gasteiger partial charge in [-0.15, -0.1) is 0 Å². The van der Waals surface area contributed by atoms with Crippen molar-refractivity contribution in [3.05, 3.63) is 50.8 Å². The summed E-state index contributed by atoms with van der Waals surface area (Å²) < 4.78 is 5.87. The maximum atomic E-state index is 12.6. The van der Waals surface area contributed by atoms with Gasteiger partial charge in [0.1, 0.15) is 11.5 Å². The van der Waals surface area contributed by atoms with E-state index < -0.39 is 0 Å². The molecule has 30 heavy (non-hydrogen) atoms. The van der Waals surface area contributed by atoms with Gasteiger partial charge in [-0.05, 0) is 67.1 Å². The number of carbonyl (C=O) groups is 1. The molecule has 1 aromatic carbocycles. The van der Waals surface area contributed by atoms with E-state index in [1.165, 1.54) is 37.7 Å². The molecule has 0 atom stereocenters. The molecule has 5 heteroatoms. The quantitative estimate of drug-likeness (QED) is 0.419. The summed E-state index contributed by atoms with van der Waals surface area (Å²) in [4.78, 5) is 12.6. The smallest absolute Gasteiger partial charge is 0.143 e. The molecule has 1 heterocycles. The van der Waals surface area contributed by atoms with Gasteiger partial charge >= 0.3 is 0 Å². The summed E-state index contributed by atoms with van der Waals surface area (Å²) in [6.07, 6.45) is 7.56. The summed E-state index contributed by atoms with van der Waals surface area (Å²) in [6.45, 7) is 6.95. The van der Waals surface area contributed by atoms with Crippen molar-refractivity contribution in [2.24, 2.45) is 11.3 Å². The zero-order valence-corrected chi connectivity index (χ0v) is 19.7. The normalized spacial score (nSPS) is 21.5. The van der Waals surface area contributed by atoms with E-state index in [2.05, 4.69) is 25.9 Å². The van der Waals surface area contributed by atoms with E-state index in [4.69, 9.17) is 27.7 Å². The first kappa shape index (κ1) is 21.9. The molecular weight excluding hydrogens is 417 g/mol. The Morgan fingerprint density at radius 3 is 2.53 bits per heavy atom. The average molecular weight is 448 g/mol. The minimum Gasteiger partial charge on any atom is -0.361 e. The van der Waals surface area contributed by atoms with Crippen molar-refractivity contribution in [3.8, 4) is 0 Å². The van der Waals surface area contributed by atoms with Crippen LogP contribution in [-0.4, -0.2) is 10.9 Å². The fourth-order valence-corrected chi connectivity index (χ4v) is 5.31. The summed E-state index contributed by atoms with van der Waals surface area (Å²) in [5, 5.41) is 5.55. The molecule has 2 aliphatic carbocycles. The van der Waals surface area contributed by atoms with Gasteiger partial charge in [-0.3, -0.25) is 4.79 Å². The number of rotatable bonds is 8. The van der Waals surface area contributed by atoms with E-state index in [1.54, 1.807) is 12.1 Å². The fourth-order valence-electron chi connectivity index (χ4n) is 4.83. The topological polar surface area (TPSA) is 43.1 Å². The van der Waals surface area contributed by atoms with Crippen LogP contribution in [0.3, 0.4) is 0 Å². The molecule has 162 valence electrons. The number of hydrogen-bond donors (Lipinski definition) is 0. The van der Waals surface area contributed by atoms with Crippen molar-refractivity contribution in [2.45, 2.75) is 84.0 Å². The van der Waals surface area contributed by atoms with E-state index in [0.717, 1.165) is 22.9 Å². The van der Waals surface area contributed by atoms with Crippen LogP contribution in [0.5, 0.6) is 0 Å². The maximum absolute atomic E-state index is 12.6. The molecule has 1 aromatic heterocycles. The van der Waals surface area contributed by atoms with Crippen molar-refractivity contribution < 1.29 is 9.32 Å².